The molecule has 0 saturated carbocycles. The SMILES string of the molecule is CNC(=O)CCN(C)C(=O)c1ccc(Br)nc1. The standard InChI is InChI=1S/C11H14BrN3O2/c1-13-10(16)5-6-15(2)11(17)8-3-4-9(12)14-7-8/h3-4,7H,5-6H2,1-2H3,(H,13,16). The van der Waals surface area contributed by atoms with Gasteiger partial charge < -0.3 is 10.2 Å². The second-order valence-corrected chi connectivity index (χ2v) is 4.33. The van der Waals surface area contributed by atoms with E-state index in [0.29, 0.717) is 23.1 Å². The molecule has 0 fully saturated rings. The van der Waals surface area contributed by atoms with Gasteiger partial charge in [-0.1, -0.05) is 0 Å². The molecule has 0 saturated heterocycles. The smallest absolute Gasteiger partial charge is 0.255 e. The highest BCUT2D eigenvalue weighted by atomic mass is 79.9. The van der Waals surface area contributed by atoms with Crippen molar-refractivity contribution in [1.29, 1.82) is 0 Å². The number of carbonyl (C=O) groups is 2. The Kier molecular flexibility index (Phi) is 5.09. The molecule has 92 valence electrons. The Morgan fingerprint density at radius 3 is 2.71 bits per heavy atom. The zero-order valence-corrected chi connectivity index (χ0v) is 11.3. The topological polar surface area (TPSA) is 62.3 Å². The van der Waals surface area contributed by atoms with Crippen LogP contribution in [-0.2, 0) is 4.79 Å². The number of pyridine rings is 1. The zero-order chi connectivity index (χ0) is 12.8. The average Bonchev–Trinajstić information content (AvgIpc) is 2.35. The van der Waals surface area contributed by atoms with Crippen LogP contribution < -0.4 is 5.32 Å². The van der Waals surface area contributed by atoms with Gasteiger partial charge in [-0.05, 0) is 28.1 Å². The van der Waals surface area contributed by atoms with Gasteiger partial charge in [-0.3, -0.25) is 9.59 Å². The van der Waals surface area contributed by atoms with Crippen molar-refractivity contribution in [3.63, 3.8) is 0 Å². The van der Waals surface area contributed by atoms with Crippen LogP contribution >= 0.6 is 15.9 Å². The molecular formula is C11H14BrN3O2. The van der Waals surface area contributed by atoms with Crippen molar-refractivity contribution in [2.75, 3.05) is 20.6 Å². The van der Waals surface area contributed by atoms with Crippen molar-refractivity contribution >= 4 is 27.7 Å². The van der Waals surface area contributed by atoms with E-state index in [1.807, 2.05) is 0 Å². The van der Waals surface area contributed by atoms with E-state index in [4.69, 9.17) is 0 Å². The van der Waals surface area contributed by atoms with Gasteiger partial charge in [-0.25, -0.2) is 4.98 Å². The molecule has 1 aromatic heterocycles. The molecule has 6 heteroatoms. The van der Waals surface area contributed by atoms with Crippen molar-refractivity contribution < 1.29 is 9.59 Å². The number of amides is 2. The largest absolute Gasteiger partial charge is 0.359 e. The number of aromatic nitrogens is 1. The number of hydrogen-bond acceptors (Lipinski definition) is 3. The lowest BCUT2D eigenvalue weighted by atomic mass is 10.2. The Morgan fingerprint density at radius 1 is 1.47 bits per heavy atom. The maximum Gasteiger partial charge on any atom is 0.255 e. The molecule has 0 aromatic carbocycles. The number of hydrogen-bond donors (Lipinski definition) is 1. The molecule has 1 aromatic rings. The molecule has 0 atom stereocenters. The van der Waals surface area contributed by atoms with Gasteiger partial charge in [0, 0.05) is 33.3 Å². The molecule has 0 radical (unpaired) electrons. The lowest BCUT2D eigenvalue weighted by Crippen LogP contribution is -2.31. The highest BCUT2D eigenvalue weighted by molar-refractivity contribution is 9.10. The summed E-state index contributed by atoms with van der Waals surface area (Å²) in [5, 5.41) is 2.51. The van der Waals surface area contributed by atoms with Crippen molar-refractivity contribution in [2.24, 2.45) is 0 Å². The minimum absolute atomic E-state index is 0.0846. The number of rotatable bonds is 4. The molecular weight excluding hydrogens is 286 g/mol. The van der Waals surface area contributed by atoms with Gasteiger partial charge >= 0.3 is 0 Å². The summed E-state index contributed by atoms with van der Waals surface area (Å²) in [5.41, 5.74) is 0.507. The van der Waals surface area contributed by atoms with Crippen LogP contribution in [-0.4, -0.2) is 42.3 Å². The maximum atomic E-state index is 11.9. The first-order valence-electron chi connectivity index (χ1n) is 5.12. The highest BCUT2D eigenvalue weighted by Crippen LogP contribution is 2.08. The molecule has 0 spiro atoms. The first-order valence-corrected chi connectivity index (χ1v) is 5.91. The van der Waals surface area contributed by atoms with Crippen molar-refractivity contribution in [3.05, 3.63) is 28.5 Å². The van der Waals surface area contributed by atoms with Crippen molar-refractivity contribution in [3.8, 4) is 0 Å². The molecule has 17 heavy (non-hydrogen) atoms. The number of nitrogens with zero attached hydrogens (tertiary/aromatic N) is 2. The normalized spacial score (nSPS) is 9.82. The lowest BCUT2D eigenvalue weighted by Gasteiger charge is -2.16. The van der Waals surface area contributed by atoms with Crippen LogP contribution in [0.5, 0.6) is 0 Å². The van der Waals surface area contributed by atoms with Crippen molar-refractivity contribution in [1.82, 2.24) is 15.2 Å². The van der Waals surface area contributed by atoms with Crippen LogP contribution in [0.25, 0.3) is 0 Å². The van der Waals surface area contributed by atoms with Crippen LogP contribution in [0.2, 0.25) is 0 Å². The Hall–Kier alpha value is -1.43. The minimum Gasteiger partial charge on any atom is -0.359 e. The van der Waals surface area contributed by atoms with Gasteiger partial charge in [0.1, 0.15) is 4.60 Å². The Morgan fingerprint density at radius 2 is 2.18 bits per heavy atom. The number of halogens is 1. The molecule has 0 aliphatic carbocycles. The molecule has 0 aliphatic rings. The zero-order valence-electron chi connectivity index (χ0n) is 9.74. The van der Waals surface area contributed by atoms with Crippen LogP contribution in [0.4, 0.5) is 0 Å². The summed E-state index contributed by atoms with van der Waals surface area (Å²) >= 11 is 3.20. The molecule has 0 unspecified atom stereocenters. The molecule has 2 amide bonds. The van der Waals surface area contributed by atoms with E-state index in [1.165, 1.54) is 11.1 Å². The number of nitrogens with one attached hydrogen (secondary N) is 1. The van der Waals surface area contributed by atoms with Gasteiger partial charge in [0.15, 0.2) is 0 Å². The second-order valence-electron chi connectivity index (χ2n) is 3.52. The molecule has 1 heterocycles. The minimum atomic E-state index is -0.145. The molecule has 0 bridgehead atoms. The van der Waals surface area contributed by atoms with Crippen LogP contribution in [0.15, 0.2) is 22.9 Å². The third-order valence-corrected chi connectivity index (χ3v) is 2.74. The van der Waals surface area contributed by atoms with Gasteiger partial charge in [0.05, 0.1) is 5.56 Å². The predicted octanol–water partition coefficient (Wildman–Crippen LogP) is 1.05. The highest BCUT2D eigenvalue weighted by Gasteiger charge is 2.12. The van der Waals surface area contributed by atoms with Crippen LogP contribution in [0.3, 0.4) is 0 Å². The van der Waals surface area contributed by atoms with Gasteiger partial charge in [0.2, 0.25) is 5.91 Å². The monoisotopic (exact) mass is 299 g/mol. The first kappa shape index (κ1) is 13.6. The fraction of sp³-hybridized carbons (Fsp3) is 0.364. The van der Waals surface area contributed by atoms with Crippen LogP contribution in [0.1, 0.15) is 16.8 Å². The second kappa shape index (κ2) is 6.34. The van der Waals surface area contributed by atoms with E-state index < -0.39 is 0 Å². The predicted molar refractivity (Wildman–Crippen MR) is 67.6 cm³/mol. The summed E-state index contributed by atoms with van der Waals surface area (Å²) in [6.45, 7) is 0.384. The molecule has 1 N–H and O–H groups in total. The van der Waals surface area contributed by atoms with Gasteiger partial charge in [0.25, 0.3) is 5.91 Å². The van der Waals surface area contributed by atoms with Gasteiger partial charge in [-0.2, -0.15) is 0 Å². The van der Waals surface area contributed by atoms with Crippen molar-refractivity contribution in [2.45, 2.75) is 6.42 Å². The molecule has 5 nitrogen and oxygen atoms in total. The van der Waals surface area contributed by atoms with E-state index in [0.717, 1.165) is 0 Å². The van der Waals surface area contributed by atoms with E-state index in [1.54, 1.807) is 26.2 Å². The third kappa shape index (κ3) is 4.14. The summed E-state index contributed by atoms with van der Waals surface area (Å²) in [6.07, 6.45) is 1.80. The Bertz CT molecular complexity index is 406. The lowest BCUT2D eigenvalue weighted by molar-refractivity contribution is -0.120. The van der Waals surface area contributed by atoms with Crippen LogP contribution in [0, 0.1) is 0 Å². The summed E-state index contributed by atoms with van der Waals surface area (Å²) in [6, 6.07) is 3.40. The van der Waals surface area contributed by atoms with E-state index in [-0.39, 0.29) is 11.8 Å². The Balaban J connectivity index is 2.57. The van der Waals surface area contributed by atoms with E-state index >= 15 is 0 Å². The fourth-order valence-corrected chi connectivity index (χ4v) is 1.45. The summed E-state index contributed by atoms with van der Waals surface area (Å²) in [7, 11) is 3.23. The summed E-state index contributed by atoms with van der Waals surface area (Å²) in [4.78, 5) is 28.4. The average molecular weight is 300 g/mol. The third-order valence-electron chi connectivity index (χ3n) is 2.27. The summed E-state index contributed by atoms with van der Waals surface area (Å²) < 4.78 is 0.682. The molecule has 1 rings (SSSR count). The van der Waals surface area contributed by atoms with Gasteiger partial charge in [-0.15, -0.1) is 0 Å². The number of carbonyl (C=O) groups excluding carboxylic acids is 2. The van der Waals surface area contributed by atoms with E-state index in [9.17, 15) is 9.59 Å². The Labute approximate surface area is 108 Å². The summed E-state index contributed by atoms with van der Waals surface area (Å²) in [5.74, 6) is -0.229. The van der Waals surface area contributed by atoms with E-state index in [2.05, 4.69) is 26.2 Å². The fourth-order valence-electron chi connectivity index (χ4n) is 1.22. The molecule has 0 aliphatic heterocycles. The maximum absolute atomic E-state index is 11.9. The first-order chi connectivity index (χ1) is 8.04. The quantitative estimate of drug-likeness (QED) is 0.846.